The van der Waals surface area contributed by atoms with Gasteiger partial charge in [0.1, 0.15) is 0 Å². The zero-order valence-corrected chi connectivity index (χ0v) is 11.9. The molecular formula is C14H22N2O3. The molecule has 1 aromatic carbocycles. The Labute approximate surface area is 114 Å². The van der Waals surface area contributed by atoms with Gasteiger partial charge in [-0.25, -0.2) is 0 Å². The number of benzene rings is 1. The molecule has 19 heavy (non-hydrogen) atoms. The normalized spacial score (nSPS) is 10.7. The highest BCUT2D eigenvalue weighted by molar-refractivity contribution is 5.48. The molecule has 0 N–H and O–H groups in total. The van der Waals surface area contributed by atoms with Crippen LogP contribution in [0.2, 0.25) is 0 Å². The second kappa shape index (κ2) is 7.74. The molecule has 0 aliphatic rings. The Bertz CT molecular complexity index is 417. The first-order chi connectivity index (χ1) is 9.08. The van der Waals surface area contributed by atoms with Gasteiger partial charge >= 0.3 is 5.69 Å². The van der Waals surface area contributed by atoms with E-state index < -0.39 is 4.92 Å². The Hall–Kier alpha value is -1.62. The van der Waals surface area contributed by atoms with E-state index in [1.807, 2.05) is 13.0 Å². The van der Waals surface area contributed by atoms with Crippen LogP contribution in [0.25, 0.3) is 0 Å². The minimum Gasteiger partial charge on any atom is -0.487 e. The lowest BCUT2D eigenvalue weighted by Gasteiger charge is -2.17. The second-order valence-electron chi connectivity index (χ2n) is 4.46. The number of rotatable bonds is 8. The molecule has 0 aliphatic carbocycles. The lowest BCUT2D eigenvalue weighted by atomic mass is 10.2. The minimum absolute atomic E-state index is 0.0443. The van der Waals surface area contributed by atoms with Gasteiger partial charge in [0, 0.05) is 12.6 Å². The zero-order valence-electron chi connectivity index (χ0n) is 11.9. The molecule has 0 heterocycles. The van der Waals surface area contributed by atoms with Crippen molar-refractivity contribution in [2.45, 2.75) is 27.2 Å². The smallest absolute Gasteiger partial charge is 0.311 e. The molecule has 0 aromatic heterocycles. The van der Waals surface area contributed by atoms with Crippen LogP contribution in [-0.4, -0.2) is 36.1 Å². The van der Waals surface area contributed by atoms with Crippen molar-refractivity contribution >= 4 is 5.69 Å². The summed E-state index contributed by atoms with van der Waals surface area (Å²) < 4.78 is 5.52. The molecule has 0 amide bonds. The van der Waals surface area contributed by atoms with E-state index in [2.05, 4.69) is 18.7 Å². The van der Waals surface area contributed by atoms with Gasteiger partial charge in [0.15, 0.2) is 5.75 Å². The molecule has 5 nitrogen and oxygen atoms in total. The first-order valence-electron chi connectivity index (χ1n) is 6.68. The lowest BCUT2D eigenvalue weighted by molar-refractivity contribution is -0.385. The van der Waals surface area contributed by atoms with E-state index in [9.17, 15) is 10.1 Å². The topological polar surface area (TPSA) is 55.6 Å². The van der Waals surface area contributed by atoms with Crippen molar-refractivity contribution in [1.82, 2.24) is 4.90 Å². The fourth-order valence-electron chi connectivity index (χ4n) is 1.90. The van der Waals surface area contributed by atoms with Crippen molar-refractivity contribution in [3.05, 3.63) is 33.9 Å². The average molecular weight is 266 g/mol. The van der Waals surface area contributed by atoms with Crippen LogP contribution in [0.15, 0.2) is 18.2 Å². The van der Waals surface area contributed by atoms with Gasteiger partial charge < -0.3 is 9.64 Å². The number of hydrogen-bond donors (Lipinski definition) is 0. The first-order valence-corrected chi connectivity index (χ1v) is 6.68. The van der Waals surface area contributed by atoms with E-state index in [1.54, 1.807) is 12.1 Å². The van der Waals surface area contributed by atoms with Crippen LogP contribution in [0, 0.1) is 17.0 Å². The third-order valence-corrected chi connectivity index (χ3v) is 3.08. The summed E-state index contributed by atoms with van der Waals surface area (Å²) in [6.45, 7) is 9.55. The van der Waals surface area contributed by atoms with E-state index in [-0.39, 0.29) is 5.69 Å². The van der Waals surface area contributed by atoms with Crippen molar-refractivity contribution in [3.8, 4) is 5.75 Å². The molecule has 0 aliphatic heterocycles. The van der Waals surface area contributed by atoms with Gasteiger partial charge in [-0.2, -0.15) is 0 Å². The van der Waals surface area contributed by atoms with Crippen molar-refractivity contribution < 1.29 is 9.66 Å². The molecule has 1 aromatic rings. The summed E-state index contributed by atoms with van der Waals surface area (Å²) in [5, 5.41) is 10.9. The largest absolute Gasteiger partial charge is 0.487 e. The zero-order chi connectivity index (χ0) is 14.3. The van der Waals surface area contributed by atoms with Crippen molar-refractivity contribution in [3.63, 3.8) is 0 Å². The maximum absolute atomic E-state index is 10.9. The average Bonchev–Trinajstić information content (AvgIpc) is 2.40. The molecular weight excluding hydrogens is 244 g/mol. The van der Waals surface area contributed by atoms with Crippen LogP contribution in [0.3, 0.4) is 0 Å². The predicted octanol–water partition coefficient (Wildman–Crippen LogP) is 3.01. The van der Waals surface area contributed by atoms with Crippen molar-refractivity contribution in [2.24, 2.45) is 0 Å². The highest BCUT2D eigenvalue weighted by atomic mass is 16.6. The summed E-state index contributed by atoms with van der Waals surface area (Å²) in [6.07, 6.45) is 0.868. The van der Waals surface area contributed by atoms with Crippen LogP contribution in [0.5, 0.6) is 5.75 Å². The van der Waals surface area contributed by atoms with Crippen LogP contribution < -0.4 is 4.74 Å². The molecule has 0 saturated carbocycles. The van der Waals surface area contributed by atoms with E-state index in [1.165, 1.54) is 0 Å². The molecule has 0 saturated heterocycles. The third-order valence-electron chi connectivity index (χ3n) is 3.08. The summed E-state index contributed by atoms with van der Waals surface area (Å²) in [5.41, 5.74) is 0.907. The molecule has 106 valence electrons. The fourth-order valence-corrected chi connectivity index (χ4v) is 1.90. The quantitative estimate of drug-likeness (QED) is 0.412. The highest BCUT2D eigenvalue weighted by Crippen LogP contribution is 2.27. The summed E-state index contributed by atoms with van der Waals surface area (Å²) >= 11 is 0. The Kier molecular flexibility index (Phi) is 6.29. The third kappa shape index (κ3) is 4.87. The minimum atomic E-state index is -0.396. The molecule has 0 bridgehead atoms. The molecule has 0 radical (unpaired) electrons. The second-order valence-corrected chi connectivity index (χ2v) is 4.46. The molecule has 5 heteroatoms. The number of hydrogen-bond acceptors (Lipinski definition) is 4. The maximum atomic E-state index is 10.9. The standard InChI is InChI=1S/C14H22N2O3/c1-4-15(5-2)9-6-10-19-14-8-7-12(3)11-13(14)16(17)18/h7-8,11H,4-6,9-10H2,1-3H3. The van der Waals surface area contributed by atoms with Crippen molar-refractivity contribution in [2.75, 3.05) is 26.2 Å². The maximum Gasteiger partial charge on any atom is 0.311 e. The lowest BCUT2D eigenvalue weighted by Crippen LogP contribution is -2.25. The Morgan fingerprint density at radius 1 is 1.32 bits per heavy atom. The monoisotopic (exact) mass is 266 g/mol. The number of nitro groups is 1. The number of aryl methyl sites for hydroxylation is 1. The predicted molar refractivity (Wildman–Crippen MR) is 75.7 cm³/mol. The summed E-state index contributed by atoms with van der Waals surface area (Å²) in [5.74, 6) is 0.357. The Morgan fingerprint density at radius 2 is 2.00 bits per heavy atom. The summed E-state index contributed by atoms with van der Waals surface area (Å²) in [6, 6.07) is 5.04. The Morgan fingerprint density at radius 3 is 2.58 bits per heavy atom. The van der Waals surface area contributed by atoms with E-state index in [4.69, 9.17) is 4.74 Å². The van der Waals surface area contributed by atoms with Gasteiger partial charge in [-0.1, -0.05) is 19.9 Å². The van der Waals surface area contributed by atoms with Gasteiger partial charge in [-0.05, 0) is 38.1 Å². The molecule has 0 fully saturated rings. The molecule has 0 spiro atoms. The van der Waals surface area contributed by atoms with Gasteiger partial charge in [-0.15, -0.1) is 0 Å². The van der Waals surface area contributed by atoms with E-state index >= 15 is 0 Å². The first kappa shape index (κ1) is 15.4. The van der Waals surface area contributed by atoms with Gasteiger partial charge in [0.25, 0.3) is 0 Å². The van der Waals surface area contributed by atoms with E-state index in [0.29, 0.717) is 12.4 Å². The molecule has 0 unspecified atom stereocenters. The number of nitrogens with zero attached hydrogens (tertiary/aromatic N) is 2. The Balaban J connectivity index is 2.51. The van der Waals surface area contributed by atoms with Crippen LogP contribution in [0.4, 0.5) is 5.69 Å². The van der Waals surface area contributed by atoms with Gasteiger partial charge in [0.05, 0.1) is 11.5 Å². The van der Waals surface area contributed by atoms with Gasteiger partial charge in [-0.3, -0.25) is 10.1 Å². The van der Waals surface area contributed by atoms with Crippen molar-refractivity contribution in [1.29, 1.82) is 0 Å². The highest BCUT2D eigenvalue weighted by Gasteiger charge is 2.14. The van der Waals surface area contributed by atoms with Crippen LogP contribution >= 0.6 is 0 Å². The summed E-state index contributed by atoms with van der Waals surface area (Å²) in [4.78, 5) is 12.8. The fraction of sp³-hybridized carbons (Fsp3) is 0.571. The number of ether oxygens (including phenoxy) is 1. The SMILES string of the molecule is CCN(CC)CCCOc1ccc(C)cc1[N+](=O)[O-]. The molecule has 1 rings (SSSR count). The van der Waals surface area contributed by atoms with Crippen LogP contribution in [-0.2, 0) is 0 Å². The van der Waals surface area contributed by atoms with E-state index in [0.717, 1.165) is 31.6 Å². The number of nitro benzene ring substituents is 1. The van der Waals surface area contributed by atoms with Crippen LogP contribution in [0.1, 0.15) is 25.8 Å². The van der Waals surface area contributed by atoms with Gasteiger partial charge in [0.2, 0.25) is 0 Å². The molecule has 0 atom stereocenters. The summed E-state index contributed by atoms with van der Waals surface area (Å²) in [7, 11) is 0.